The zero-order valence-corrected chi connectivity index (χ0v) is 17.4. The number of carbonyl (C=O) groups excluding carboxylic acids is 3. The van der Waals surface area contributed by atoms with Gasteiger partial charge in [-0.3, -0.25) is 24.0 Å². The molecular weight excluding hydrogens is 416 g/mol. The van der Waals surface area contributed by atoms with E-state index in [4.69, 9.17) is 21.1 Å². The number of nitrogens with one attached hydrogen (secondary N) is 3. The van der Waals surface area contributed by atoms with Gasteiger partial charge in [0, 0.05) is 12.8 Å². The van der Waals surface area contributed by atoms with Gasteiger partial charge in [-0.25, -0.2) is 4.79 Å². The highest BCUT2D eigenvalue weighted by molar-refractivity contribution is 5.92. The Hall–Kier alpha value is -3.22. The number of amides is 3. The summed E-state index contributed by atoms with van der Waals surface area (Å²) in [6.45, 7) is 3.02. The van der Waals surface area contributed by atoms with E-state index in [9.17, 15) is 28.8 Å². The first-order valence-corrected chi connectivity index (χ1v) is 9.62. The fourth-order valence-electron chi connectivity index (χ4n) is 2.45. The second-order valence-electron chi connectivity index (χ2n) is 7.34. The molecule has 0 saturated heterocycles. The van der Waals surface area contributed by atoms with E-state index in [0.717, 1.165) is 0 Å². The minimum absolute atomic E-state index is 0.0580. The van der Waals surface area contributed by atoms with Crippen LogP contribution >= 0.6 is 0 Å². The van der Waals surface area contributed by atoms with Gasteiger partial charge in [0.05, 0.1) is 12.6 Å². The summed E-state index contributed by atoms with van der Waals surface area (Å²) < 4.78 is 0. The lowest BCUT2D eigenvalue weighted by Crippen LogP contribution is -2.54. The molecule has 0 rings (SSSR count). The first-order valence-electron chi connectivity index (χ1n) is 9.62. The standard InChI is InChI=1S/C18H30N4O9/c1-9(2)7-12(17(29)22-11(18(30)31)4-6-15(26)27)21-13(23)8-20-16(28)10(19)3-5-14(24)25/h9-12H,3-8,19H2,1-2H3,(H,20,28)(H,21,23)(H,22,29)(H,24,25)(H,26,27)(H,30,31). The summed E-state index contributed by atoms with van der Waals surface area (Å²) in [5, 5.41) is 33.3. The lowest BCUT2D eigenvalue weighted by molar-refractivity contribution is -0.143. The third kappa shape index (κ3) is 12.8. The molecule has 0 bridgehead atoms. The maximum absolute atomic E-state index is 12.5. The molecule has 8 N–H and O–H groups in total. The number of carboxylic acid groups (broad SMARTS) is 3. The van der Waals surface area contributed by atoms with Crippen molar-refractivity contribution in [2.75, 3.05) is 6.54 Å². The average molecular weight is 446 g/mol. The molecule has 0 aliphatic rings. The number of nitrogens with two attached hydrogens (primary N) is 1. The molecular formula is C18H30N4O9. The van der Waals surface area contributed by atoms with Crippen LogP contribution in [0.3, 0.4) is 0 Å². The average Bonchev–Trinajstić information content (AvgIpc) is 2.65. The first kappa shape index (κ1) is 27.8. The zero-order valence-electron chi connectivity index (χ0n) is 17.4. The van der Waals surface area contributed by atoms with Crippen molar-refractivity contribution in [3.63, 3.8) is 0 Å². The van der Waals surface area contributed by atoms with E-state index >= 15 is 0 Å². The van der Waals surface area contributed by atoms with E-state index in [-0.39, 0.29) is 31.6 Å². The third-order valence-electron chi connectivity index (χ3n) is 4.05. The molecule has 31 heavy (non-hydrogen) atoms. The van der Waals surface area contributed by atoms with E-state index in [0.29, 0.717) is 0 Å². The summed E-state index contributed by atoms with van der Waals surface area (Å²) in [4.78, 5) is 68.8. The monoisotopic (exact) mass is 446 g/mol. The Balaban J connectivity index is 4.88. The summed E-state index contributed by atoms with van der Waals surface area (Å²) in [5.41, 5.74) is 5.53. The Morgan fingerprint density at radius 3 is 1.84 bits per heavy atom. The molecule has 0 aliphatic carbocycles. The summed E-state index contributed by atoms with van der Waals surface area (Å²) in [7, 11) is 0. The van der Waals surface area contributed by atoms with Gasteiger partial charge in [0.1, 0.15) is 12.1 Å². The minimum Gasteiger partial charge on any atom is -0.481 e. The summed E-state index contributed by atoms with van der Waals surface area (Å²) >= 11 is 0. The predicted molar refractivity (Wildman–Crippen MR) is 106 cm³/mol. The Morgan fingerprint density at radius 1 is 0.806 bits per heavy atom. The van der Waals surface area contributed by atoms with Crippen molar-refractivity contribution in [1.29, 1.82) is 0 Å². The number of carbonyl (C=O) groups is 6. The molecule has 0 aromatic heterocycles. The normalized spacial score (nSPS) is 13.5. The number of hydrogen-bond acceptors (Lipinski definition) is 7. The van der Waals surface area contributed by atoms with Crippen molar-refractivity contribution in [1.82, 2.24) is 16.0 Å². The van der Waals surface area contributed by atoms with Crippen LogP contribution in [0.2, 0.25) is 0 Å². The van der Waals surface area contributed by atoms with Crippen LogP contribution in [-0.2, 0) is 28.8 Å². The lowest BCUT2D eigenvalue weighted by Gasteiger charge is -2.23. The van der Waals surface area contributed by atoms with Crippen molar-refractivity contribution < 1.29 is 44.1 Å². The molecule has 0 aliphatic heterocycles. The van der Waals surface area contributed by atoms with Crippen LogP contribution < -0.4 is 21.7 Å². The molecule has 3 unspecified atom stereocenters. The van der Waals surface area contributed by atoms with Gasteiger partial charge in [-0.1, -0.05) is 13.8 Å². The van der Waals surface area contributed by atoms with Gasteiger partial charge in [-0.15, -0.1) is 0 Å². The number of rotatable bonds is 15. The summed E-state index contributed by atoms with van der Waals surface area (Å²) in [6.07, 6.45) is -1.07. The molecule has 0 aromatic carbocycles. The van der Waals surface area contributed by atoms with Crippen LogP contribution in [-0.4, -0.2) is 75.6 Å². The highest BCUT2D eigenvalue weighted by Crippen LogP contribution is 2.07. The van der Waals surface area contributed by atoms with Gasteiger partial charge >= 0.3 is 17.9 Å². The second-order valence-corrected chi connectivity index (χ2v) is 7.34. The number of hydrogen-bond donors (Lipinski definition) is 7. The van der Waals surface area contributed by atoms with Crippen molar-refractivity contribution in [2.24, 2.45) is 11.7 Å². The van der Waals surface area contributed by atoms with Gasteiger partial charge in [0.2, 0.25) is 17.7 Å². The van der Waals surface area contributed by atoms with Gasteiger partial charge < -0.3 is 37.0 Å². The van der Waals surface area contributed by atoms with Crippen LogP contribution in [0.1, 0.15) is 46.0 Å². The van der Waals surface area contributed by atoms with E-state index in [1.54, 1.807) is 13.8 Å². The van der Waals surface area contributed by atoms with Crippen LogP contribution in [0.25, 0.3) is 0 Å². The SMILES string of the molecule is CC(C)CC(NC(=O)CNC(=O)C(N)CCC(=O)O)C(=O)NC(CCC(=O)O)C(=O)O. The summed E-state index contributed by atoms with van der Waals surface area (Å²) in [6, 6.07) is -3.68. The molecule has 0 radical (unpaired) electrons. The molecule has 3 amide bonds. The summed E-state index contributed by atoms with van der Waals surface area (Å²) in [5.74, 6) is -6.08. The number of aliphatic carboxylic acids is 3. The van der Waals surface area contributed by atoms with Gasteiger partial charge in [-0.2, -0.15) is 0 Å². The maximum atomic E-state index is 12.5. The molecule has 0 saturated carbocycles. The molecule has 0 fully saturated rings. The third-order valence-corrected chi connectivity index (χ3v) is 4.05. The van der Waals surface area contributed by atoms with Crippen LogP contribution in [0.4, 0.5) is 0 Å². The lowest BCUT2D eigenvalue weighted by atomic mass is 10.0. The zero-order chi connectivity index (χ0) is 24.1. The van der Waals surface area contributed by atoms with Crippen molar-refractivity contribution in [3.8, 4) is 0 Å². The Labute approximate surface area is 178 Å². The van der Waals surface area contributed by atoms with Crippen LogP contribution in [0, 0.1) is 5.92 Å². The van der Waals surface area contributed by atoms with E-state index in [1.165, 1.54) is 0 Å². The molecule has 176 valence electrons. The maximum Gasteiger partial charge on any atom is 0.326 e. The largest absolute Gasteiger partial charge is 0.481 e. The van der Waals surface area contributed by atoms with Crippen molar-refractivity contribution >= 4 is 35.6 Å². The van der Waals surface area contributed by atoms with E-state index in [1.807, 2.05) is 0 Å². The minimum atomic E-state index is -1.44. The van der Waals surface area contributed by atoms with Crippen LogP contribution in [0.15, 0.2) is 0 Å². The fourth-order valence-corrected chi connectivity index (χ4v) is 2.45. The molecule has 0 spiro atoms. The second kappa shape index (κ2) is 13.9. The van der Waals surface area contributed by atoms with Crippen molar-refractivity contribution in [3.05, 3.63) is 0 Å². The Morgan fingerprint density at radius 2 is 1.35 bits per heavy atom. The molecule has 13 nitrogen and oxygen atoms in total. The van der Waals surface area contributed by atoms with Gasteiger partial charge in [-0.05, 0) is 25.2 Å². The topological polar surface area (TPSA) is 225 Å². The fraction of sp³-hybridized carbons (Fsp3) is 0.667. The van der Waals surface area contributed by atoms with Gasteiger partial charge in [0.15, 0.2) is 0 Å². The molecule has 3 atom stereocenters. The highest BCUT2D eigenvalue weighted by atomic mass is 16.4. The van der Waals surface area contributed by atoms with Crippen LogP contribution in [0.5, 0.6) is 0 Å². The van der Waals surface area contributed by atoms with Gasteiger partial charge in [0.25, 0.3) is 0 Å². The Kier molecular flexibility index (Phi) is 12.5. The van der Waals surface area contributed by atoms with E-state index in [2.05, 4.69) is 16.0 Å². The molecule has 13 heteroatoms. The molecule has 0 aromatic rings. The van der Waals surface area contributed by atoms with Crippen molar-refractivity contribution in [2.45, 2.75) is 64.1 Å². The van der Waals surface area contributed by atoms with E-state index < -0.39 is 66.7 Å². The quantitative estimate of drug-likeness (QED) is 0.150. The first-order chi connectivity index (χ1) is 14.3. The molecule has 0 heterocycles. The number of carboxylic acids is 3. The predicted octanol–water partition coefficient (Wildman–Crippen LogP) is -1.74. The Bertz CT molecular complexity index is 681. The smallest absolute Gasteiger partial charge is 0.326 e. The highest BCUT2D eigenvalue weighted by Gasteiger charge is 2.27.